The van der Waals surface area contributed by atoms with E-state index in [9.17, 15) is 15.0 Å². The summed E-state index contributed by atoms with van der Waals surface area (Å²) < 4.78 is 41.0. The van der Waals surface area contributed by atoms with Crippen molar-refractivity contribution in [1.82, 2.24) is 0 Å². The maximum atomic E-state index is 12.5. The highest BCUT2D eigenvalue weighted by Gasteiger charge is 2.39. The van der Waals surface area contributed by atoms with E-state index in [1.54, 1.807) is 26.4 Å². The highest BCUT2D eigenvalue weighted by molar-refractivity contribution is 6.15. The number of hydrogen-bond donors (Lipinski definition) is 2. The molecule has 44 heavy (non-hydrogen) atoms. The fourth-order valence-electron chi connectivity index (χ4n) is 6.64. The highest BCUT2D eigenvalue weighted by atomic mass is 16.6. The van der Waals surface area contributed by atoms with Gasteiger partial charge in [0.2, 0.25) is 0 Å². The number of hydrogen-bond acceptors (Lipinski definition) is 10. The third-order valence-corrected chi connectivity index (χ3v) is 8.66. The van der Waals surface area contributed by atoms with E-state index in [0.717, 1.165) is 11.1 Å². The molecule has 0 saturated carbocycles. The van der Waals surface area contributed by atoms with Crippen molar-refractivity contribution >= 4 is 27.5 Å². The van der Waals surface area contributed by atoms with Crippen LogP contribution >= 0.6 is 0 Å². The summed E-state index contributed by atoms with van der Waals surface area (Å²) in [5, 5.41) is 25.8. The van der Waals surface area contributed by atoms with Crippen LogP contribution in [0.3, 0.4) is 0 Å². The molecule has 6 rings (SSSR count). The molecule has 0 aliphatic carbocycles. The Balaban J connectivity index is 1.93. The van der Waals surface area contributed by atoms with Gasteiger partial charge in [0, 0.05) is 46.5 Å². The average Bonchev–Trinajstić information content (AvgIpc) is 3.01. The van der Waals surface area contributed by atoms with Crippen LogP contribution in [0.15, 0.2) is 24.3 Å². The van der Waals surface area contributed by atoms with Crippen LogP contribution in [0.1, 0.15) is 49.1 Å². The fraction of sp³-hybridized carbons (Fsp3) is 0.382. The second kappa shape index (κ2) is 11.3. The molecule has 4 aromatic rings. The summed E-state index contributed by atoms with van der Waals surface area (Å²) >= 11 is 0. The number of methoxy groups -OCH3 is 4. The lowest BCUT2D eigenvalue weighted by Crippen LogP contribution is -2.30. The Morgan fingerprint density at radius 1 is 0.750 bits per heavy atom. The summed E-state index contributed by atoms with van der Waals surface area (Å²) in [7, 11) is 6.19. The molecule has 0 fully saturated rings. The van der Waals surface area contributed by atoms with Crippen molar-refractivity contribution in [3.63, 3.8) is 0 Å². The largest absolute Gasteiger partial charge is 0.507 e. The van der Waals surface area contributed by atoms with E-state index in [0.29, 0.717) is 73.2 Å². The Morgan fingerprint density at radius 2 is 1.30 bits per heavy atom. The molecule has 0 amide bonds. The topological polar surface area (TPSA) is 122 Å². The molecule has 2 N–H and O–H groups in total. The van der Waals surface area contributed by atoms with Crippen LogP contribution in [-0.4, -0.2) is 56.8 Å². The summed E-state index contributed by atoms with van der Waals surface area (Å²) in [6, 6.07) is 7.13. The van der Waals surface area contributed by atoms with E-state index in [-0.39, 0.29) is 30.8 Å². The molecule has 0 aromatic heterocycles. The molecule has 2 heterocycles. The number of ether oxygens (including phenoxy) is 7. The van der Waals surface area contributed by atoms with Crippen molar-refractivity contribution in [3.05, 3.63) is 46.5 Å². The second-order valence-corrected chi connectivity index (χ2v) is 11.2. The van der Waals surface area contributed by atoms with Gasteiger partial charge in [-0.15, -0.1) is 0 Å². The van der Waals surface area contributed by atoms with Gasteiger partial charge in [0.15, 0.2) is 6.10 Å². The Labute approximate surface area is 254 Å². The first-order valence-corrected chi connectivity index (χ1v) is 14.4. The average molecular weight is 605 g/mol. The van der Waals surface area contributed by atoms with Crippen molar-refractivity contribution < 1.29 is 48.2 Å². The molecule has 232 valence electrons. The lowest BCUT2D eigenvalue weighted by molar-refractivity contribution is -0.157. The van der Waals surface area contributed by atoms with Crippen molar-refractivity contribution in [3.8, 4) is 45.6 Å². The molecule has 0 unspecified atom stereocenters. The number of aromatic hydroxyl groups is 2. The molecule has 2 aliphatic rings. The summed E-state index contributed by atoms with van der Waals surface area (Å²) in [5.74, 6) is 1.37. The standard InChI is InChI=1S/C34H36O10/c1-15-8-20-23(13-42-15)32(36)28-21(9-18(38-4)11-25(28)40-6)27(20)30-22-10-19(39-5)12-26(41-7)29(22)33(37)24-14-43-16(2)34(31(24)30)44-17(3)35/h9-12,15-16,34,36-37H,8,13-14H2,1-7H3/t15-,16+,34+/m0/s1. The Morgan fingerprint density at radius 3 is 1.84 bits per heavy atom. The normalized spacial score (nSPS) is 19.3. The first kappa shape index (κ1) is 29.7. The van der Waals surface area contributed by atoms with Crippen LogP contribution in [0.5, 0.6) is 34.5 Å². The number of phenols is 2. The maximum Gasteiger partial charge on any atom is 0.303 e. The number of esters is 1. The monoisotopic (exact) mass is 604 g/mol. The van der Waals surface area contributed by atoms with Crippen molar-refractivity contribution in [2.45, 2.75) is 58.7 Å². The van der Waals surface area contributed by atoms with Gasteiger partial charge in [0.25, 0.3) is 0 Å². The van der Waals surface area contributed by atoms with Crippen LogP contribution in [0.4, 0.5) is 0 Å². The third kappa shape index (κ3) is 4.51. The van der Waals surface area contributed by atoms with Crippen LogP contribution in [0.25, 0.3) is 32.7 Å². The summed E-state index contributed by atoms with van der Waals surface area (Å²) in [6.45, 7) is 5.41. The van der Waals surface area contributed by atoms with Gasteiger partial charge >= 0.3 is 5.97 Å². The molecular weight excluding hydrogens is 568 g/mol. The molecule has 0 bridgehead atoms. The maximum absolute atomic E-state index is 12.5. The number of carbonyl (C=O) groups is 1. The minimum atomic E-state index is -0.858. The predicted molar refractivity (Wildman–Crippen MR) is 163 cm³/mol. The van der Waals surface area contributed by atoms with Crippen molar-refractivity contribution in [2.75, 3.05) is 28.4 Å². The molecule has 2 aliphatic heterocycles. The SMILES string of the molecule is COc1cc(OC)c2c(O)c3c(c(-c4c5c(c(O)c6c(OC)cc(OC)cc46)CO[C@H](C)[C@H]5OC(C)=O)c2c1)C[C@H](C)OC3. The molecule has 10 heteroatoms. The Kier molecular flexibility index (Phi) is 7.59. The lowest BCUT2D eigenvalue weighted by atomic mass is 9.78. The third-order valence-electron chi connectivity index (χ3n) is 8.66. The zero-order valence-electron chi connectivity index (χ0n) is 25.8. The van der Waals surface area contributed by atoms with E-state index in [4.69, 9.17) is 33.2 Å². The van der Waals surface area contributed by atoms with Gasteiger partial charge < -0.3 is 43.4 Å². The first-order valence-electron chi connectivity index (χ1n) is 14.4. The van der Waals surface area contributed by atoms with E-state index < -0.39 is 18.2 Å². The van der Waals surface area contributed by atoms with Gasteiger partial charge in [0.05, 0.1) is 64.6 Å². The fourth-order valence-corrected chi connectivity index (χ4v) is 6.64. The smallest absolute Gasteiger partial charge is 0.303 e. The summed E-state index contributed by atoms with van der Waals surface area (Å²) in [5.41, 5.74) is 4.03. The number of rotatable bonds is 6. The van der Waals surface area contributed by atoms with Crippen molar-refractivity contribution in [2.24, 2.45) is 0 Å². The quantitative estimate of drug-likeness (QED) is 0.250. The Hall–Kier alpha value is -4.41. The van der Waals surface area contributed by atoms with E-state index >= 15 is 0 Å². The Bertz CT molecular complexity index is 1810. The first-order chi connectivity index (χ1) is 21.1. The number of fused-ring (bicyclic) bond motifs is 4. The van der Waals surface area contributed by atoms with Gasteiger partial charge in [-0.2, -0.15) is 0 Å². The number of carbonyl (C=O) groups excluding carboxylic acids is 1. The van der Waals surface area contributed by atoms with Gasteiger partial charge in [-0.3, -0.25) is 4.79 Å². The van der Waals surface area contributed by atoms with E-state index in [1.807, 2.05) is 26.0 Å². The van der Waals surface area contributed by atoms with Crippen LogP contribution < -0.4 is 18.9 Å². The highest BCUT2D eigenvalue weighted by Crippen LogP contribution is 2.56. The van der Waals surface area contributed by atoms with Crippen LogP contribution in [0.2, 0.25) is 0 Å². The van der Waals surface area contributed by atoms with Gasteiger partial charge in [-0.25, -0.2) is 0 Å². The summed E-state index contributed by atoms with van der Waals surface area (Å²) in [4.78, 5) is 12.5. The number of phenolic OH excluding ortho intramolecular Hbond substituents is 2. The predicted octanol–water partition coefficient (Wildman–Crippen LogP) is 6.09. The second-order valence-electron chi connectivity index (χ2n) is 11.2. The minimum absolute atomic E-state index is 0.0360. The summed E-state index contributed by atoms with van der Waals surface area (Å²) in [6.07, 6.45) is -1.06. The molecule has 4 aromatic carbocycles. The molecular formula is C34H36O10. The van der Waals surface area contributed by atoms with Gasteiger partial charge in [0.1, 0.15) is 34.5 Å². The minimum Gasteiger partial charge on any atom is -0.507 e. The van der Waals surface area contributed by atoms with Crippen LogP contribution in [0, 0.1) is 0 Å². The molecule has 0 saturated heterocycles. The number of benzene rings is 4. The van der Waals surface area contributed by atoms with E-state index in [1.165, 1.54) is 21.1 Å². The van der Waals surface area contributed by atoms with Crippen LogP contribution in [-0.2, 0) is 38.6 Å². The zero-order chi connectivity index (χ0) is 31.4. The lowest BCUT2D eigenvalue weighted by Gasteiger charge is -2.36. The zero-order valence-corrected chi connectivity index (χ0v) is 25.8. The molecule has 10 nitrogen and oxygen atoms in total. The molecule has 3 atom stereocenters. The van der Waals surface area contributed by atoms with Crippen molar-refractivity contribution in [1.29, 1.82) is 0 Å². The molecule has 0 radical (unpaired) electrons. The van der Waals surface area contributed by atoms with Gasteiger partial charge in [-0.1, -0.05) is 0 Å². The van der Waals surface area contributed by atoms with E-state index in [2.05, 4.69) is 0 Å². The molecule has 0 spiro atoms. The van der Waals surface area contributed by atoms with Gasteiger partial charge in [-0.05, 0) is 49.1 Å².